The maximum atomic E-state index is 5.53. The van der Waals surface area contributed by atoms with Gasteiger partial charge in [0.05, 0.1) is 20.5 Å². The number of para-hydroxylation sites is 1. The Hall–Kier alpha value is -1.94. The molecule has 0 aliphatic heterocycles. The molecule has 1 aliphatic carbocycles. The fourth-order valence-corrected chi connectivity index (χ4v) is 3.02. The molecule has 1 heterocycles. The van der Waals surface area contributed by atoms with Crippen molar-refractivity contribution in [1.82, 2.24) is 5.32 Å². The van der Waals surface area contributed by atoms with Gasteiger partial charge in [0.15, 0.2) is 11.5 Å². The lowest BCUT2D eigenvalue weighted by atomic mass is 9.93. The zero-order chi connectivity index (χ0) is 14.7. The Bertz CT molecular complexity index is 606. The molecular formula is C17H21NO3. The molecule has 0 amide bonds. The van der Waals surface area contributed by atoms with Gasteiger partial charge in [-0.3, -0.25) is 0 Å². The predicted octanol–water partition coefficient (Wildman–Crippen LogP) is 3.46. The SMILES string of the molecule is COc1cccc(CNC2CCCc3occc32)c1OC. The highest BCUT2D eigenvalue weighted by Gasteiger charge is 2.22. The van der Waals surface area contributed by atoms with E-state index in [0.717, 1.165) is 48.6 Å². The Kier molecular flexibility index (Phi) is 4.15. The van der Waals surface area contributed by atoms with Gasteiger partial charge < -0.3 is 19.2 Å². The number of benzene rings is 1. The van der Waals surface area contributed by atoms with Crippen LogP contribution in [0.3, 0.4) is 0 Å². The van der Waals surface area contributed by atoms with Crippen molar-refractivity contribution in [2.75, 3.05) is 14.2 Å². The predicted molar refractivity (Wildman–Crippen MR) is 80.8 cm³/mol. The van der Waals surface area contributed by atoms with Crippen LogP contribution >= 0.6 is 0 Å². The molecule has 1 aromatic carbocycles. The maximum Gasteiger partial charge on any atom is 0.165 e. The van der Waals surface area contributed by atoms with Gasteiger partial charge in [-0.1, -0.05) is 12.1 Å². The number of hydrogen-bond donors (Lipinski definition) is 1. The number of fused-ring (bicyclic) bond motifs is 1. The lowest BCUT2D eigenvalue weighted by molar-refractivity contribution is 0.348. The van der Waals surface area contributed by atoms with E-state index in [2.05, 4.69) is 17.4 Å². The Labute approximate surface area is 125 Å². The van der Waals surface area contributed by atoms with Crippen molar-refractivity contribution < 1.29 is 13.9 Å². The summed E-state index contributed by atoms with van der Waals surface area (Å²) in [5.74, 6) is 2.69. The third kappa shape index (κ3) is 2.76. The number of ether oxygens (including phenoxy) is 2. The van der Waals surface area contributed by atoms with Crippen molar-refractivity contribution in [3.63, 3.8) is 0 Å². The zero-order valence-corrected chi connectivity index (χ0v) is 12.5. The first-order chi connectivity index (χ1) is 10.3. The molecule has 2 aromatic rings. The largest absolute Gasteiger partial charge is 0.493 e. The summed E-state index contributed by atoms with van der Waals surface area (Å²) in [7, 11) is 3.34. The van der Waals surface area contributed by atoms with Crippen molar-refractivity contribution in [3.05, 3.63) is 47.4 Å². The molecule has 0 spiro atoms. The Morgan fingerprint density at radius 2 is 2.14 bits per heavy atom. The van der Waals surface area contributed by atoms with Gasteiger partial charge in [-0.15, -0.1) is 0 Å². The number of nitrogens with one attached hydrogen (secondary N) is 1. The van der Waals surface area contributed by atoms with Gasteiger partial charge in [-0.05, 0) is 25.0 Å². The van der Waals surface area contributed by atoms with Gasteiger partial charge in [0.1, 0.15) is 5.76 Å². The summed E-state index contributed by atoms with van der Waals surface area (Å²) >= 11 is 0. The smallest absolute Gasteiger partial charge is 0.165 e. The minimum atomic E-state index is 0.350. The minimum Gasteiger partial charge on any atom is -0.493 e. The van der Waals surface area contributed by atoms with Crippen LogP contribution in [0.15, 0.2) is 34.9 Å². The van der Waals surface area contributed by atoms with Crippen molar-refractivity contribution in [2.24, 2.45) is 0 Å². The van der Waals surface area contributed by atoms with Crippen LogP contribution in [-0.4, -0.2) is 14.2 Å². The van der Waals surface area contributed by atoms with E-state index in [0.29, 0.717) is 6.04 Å². The first-order valence-corrected chi connectivity index (χ1v) is 7.33. The van der Waals surface area contributed by atoms with Crippen molar-refractivity contribution >= 4 is 0 Å². The molecule has 1 atom stereocenters. The zero-order valence-electron chi connectivity index (χ0n) is 12.5. The molecule has 0 fully saturated rings. The fraction of sp³-hybridized carbons (Fsp3) is 0.412. The quantitative estimate of drug-likeness (QED) is 0.914. The molecule has 0 bridgehead atoms. The molecule has 4 heteroatoms. The second-order valence-corrected chi connectivity index (χ2v) is 5.28. The highest BCUT2D eigenvalue weighted by atomic mass is 16.5. The maximum absolute atomic E-state index is 5.53. The average molecular weight is 287 g/mol. The summed E-state index contributed by atoms with van der Waals surface area (Å²) in [5.41, 5.74) is 2.40. The van der Waals surface area contributed by atoms with Gasteiger partial charge in [-0.2, -0.15) is 0 Å². The van der Waals surface area contributed by atoms with Crippen molar-refractivity contribution in [1.29, 1.82) is 0 Å². The number of furan rings is 1. The Balaban J connectivity index is 1.75. The summed E-state index contributed by atoms with van der Waals surface area (Å²) in [6.45, 7) is 0.746. The number of rotatable bonds is 5. The summed E-state index contributed by atoms with van der Waals surface area (Å²) in [4.78, 5) is 0. The third-order valence-corrected chi connectivity index (χ3v) is 4.08. The molecule has 3 rings (SSSR count). The van der Waals surface area contributed by atoms with Crippen LogP contribution in [0, 0.1) is 0 Å². The van der Waals surface area contributed by atoms with Crippen molar-refractivity contribution in [2.45, 2.75) is 31.8 Å². The summed E-state index contributed by atoms with van der Waals surface area (Å²) < 4.78 is 16.4. The molecule has 112 valence electrons. The van der Waals surface area contributed by atoms with E-state index in [4.69, 9.17) is 13.9 Å². The monoisotopic (exact) mass is 287 g/mol. The van der Waals surface area contributed by atoms with Gasteiger partial charge in [0.25, 0.3) is 0 Å². The van der Waals surface area contributed by atoms with Gasteiger partial charge in [0.2, 0.25) is 0 Å². The molecule has 0 saturated carbocycles. The van der Waals surface area contributed by atoms with E-state index in [1.165, 1.54) is 5.56 Å². The second-order valence-electron chi connectivity index (χ2n) is 5.28. The Morgan fingerprint density at radius 3 is 2.95 bits per heavy atom. The van der Waals surface area contributed by atoms with E-state index >= 15 is 0 Å². The molecule has 0 radical (unpaired) electrons. The lowest BCUT2D eigenvalue weighted by Gasteiger charge is -2.23. The molecular weight excluding hydrogens is 266 g/mol. The summed E-state index contributed by atoms with van der Waals surface area (Å²) in [6.07, 6.45) is 5.13. The second kappa shape index (κ2) is 6.22. The Morgan fingerprint density at radius 1 is 1.24 bits per heavy atom. The van der Waals surface area contributed by atoms with E-state index in [-0.39, 0.29) is 0 Å². The van der Waals surface area contributed by atoms with Crippen molar-refractivity contribution in [3.8, 4) is 11.5 Å². The van der Waals surface area contributed by atoms with Crippen LogP contribution in [0.1, 0.15) is 35.8 Å². The molecule has 0 saturated heterocycles. The van der Waals surface area contributed by atoms with Crippen LogP contribution in [-0.2, 0) is 13.0 Å². The van der Waals surface area contributed by atoms with Gasteiger partial charge in [0, 0.05) is 30.1 Å². The number of methoxy groups -OCH3 is 2. The van der Waals surface area contributed by atoms with Gasteiger partial charge >= 0.3 is 0 Å². The number of aryl methyl sites for hydroxylation is 1. The van der Waals surface area contributed by atoms with Crippen LogP contribution < -0.4 is 14.8 Å². The minimum absolute atomic E-state index is 0.350. The van der Waals surface area contributed by atoms with E-state index < -0.39 is 0 Å². The van der Waals surface area contributed by atoms with Gasteiger partial charge in [-0.25, -0.2) is 0 Å². The molecule has 1 N–H and O–H groups in total. The number of hydrogen-bond acceptors (Lipinski definition) is 4. The molecule has 1 unspecified atom stereocenters. The molecule has 4 nitrogen and oxygen atoms in total. The van der Waals surface area contributed by atoms with E-state index in [1.54, 1.807) is 20.5 Å². The van der Waals surface area contributed by atoms with E-state index in [1.807, 2.05) is 12.1 Å². The topological polar surface area (TPSA) is 43.6 Å². The molecule has 1 aliphatic rings. The summed E-state index contributed by atoms with van der Waals surface area (Å²) in [6, 6.07) is 8.39. The lowest BCUT2D eigenvalue weighted by Crippen LogP contribution is -2.24. The van der Waals surface area contributed by atoms with Crippen LogP contribution in [0.5, 0.6) is 11.5 Å². The van der Waals surface area contributed by atoms with E-state index in [9.17, 15) is 0 Å². The molecule has 1 aromatic heterocycles. The first-order valence-electron chi connectivity index (χ1n) is 7.33. The normalized spacial score (nSPS) is 17.3. The molecule has 21 heavy (non-hydrogen) atoms. The van der Waals surface area contributed by atoms with Crippen LogP contribution in [0.2, 0.25) is 0 Å². The van der Waals surface area contributed by atoms with Crippen LogP contribution in [0.25, 0.3) is 0 Å². The first kappa shape index (κ1) is 14.0. The summed E-state index contributed by atoms with van der Waals surface area (Å²) in [5, 5.41) is 3.61. The average Bonchev–Trinajstić information content (AvgIpc) is 3.01. The third-order valence-electron chi connectivity index (χ3n) is 4.08. The fourth-order valence-electron chi connectivity index (χ4n) is 3.02. The standard InChI is InChI=1S/C17H21NO3/c1-19-16-8-3-5-12(17(16)20-2)11-18-14-6-4-7-15-13(14)9-10-21-15/h3,5,8-10,14,18H,4,6-7,11H2,1-2H3. The van der Waals surface area contributed by atoms with Crippen LogP contribution in [0.4, 0.5) is 0 Å². The highest BCUT2D eigenvalue weighted by Crippen LogP contribution is 2.33. The highest BCUT2D eigenvalue weighted by molar-refractivity contribution is 5.46.